The largest absolute Gasteiger partial charge is 0.469 e. The van der Waals surface area contributed by atoms with Crippen LogP contribution in [0.1, 0.15) is 31.7 Å². The maximum atomic E-state index is 11.5. The molecule has 1 aromatic carbocycles. The number of ether oxygens (including phenoxy) is 1. The van der Waals surface area contributed by atoms with Crippen LogP contribution < -0.4 is 0 Å². The Morgan fingerprint density at radius 3 is 2.61 bits per heavy atom. The van der Waals surface area contributed by atoms with Crippen molar-refractivity contribution in [3.63, 3.8) is 0 Å². The summed E-state index contributed by atoms with van der Waals surface area (Å²) in [5.41, 5.74) is 1.18. The molecule has 98 valence electrons. The number of esters is 1. The highest BCUT2D eigenvalue weighted by Crippen LogP contribution is 2.41. The Hall–Kier alpha value is -1.35. The van der Waals surface area contributed by atoms with E-state index < -0.39 is 6.10 Å². The van der Waals surface area contributed by atoms with Crippen LogP contribution in [-0.4, -0.2) is 24.3 Å². The van der Waals surface area contributed by atoms with Gasteiger partial charge in [-0.25, -0.2) is 0 Å². The van der Waals surface area contributed by atoms with Crippen molar-refractivity contribution in [2.75, 3.05) is 7.11 Å². The zero-order chi connectivity index (χ0) is 13.2. The number of aliphatic hydroxyl groups is 1. The van der Waals surface area contributed by atoms with Crippen LogP contribution in [-0.2, 0) is 14.9 Å². The standard InChI is InChI=1S/C15H20O3/c1-15(11-6-4-3-5-7-11)9-8-12(13(16)10-15)14(17)18-2/h3-7,12-13,16H,8-10H2,1-2H3/t12-,13+,15-/m1/s1. The van der Waals surface area contributed by atoms with Gasteiger partial charge in [-0.15, -0.1) is 0 Å². The number of carbonyl (C=O) groups is 1. The molecule has 1 aliphatic carbocycles. The molecule has 1 aromatic rings. The van der Waals surface area contributed by atoms with Crippen molar-refractivity contribution >= 4 is 5.97 Å². The molecular formula is C15H20O3. The zero-order valence-electron chi connectivity index (χ0n) is 10.9. The van der Waals surface area contributed by atoms with E-state index in [1.807, 2.05) is 18.2 Å². The van der Waals surface area contributed by atoms with E-state index in [-0.39, 0.29) is 17.3 Å². The van der Waals surface area contributed by atoms with E-state index in [4.69, 9.17) is 4.74 Å². The topological polar surface area (TPSA) is 46.5 Å². The fourth-order valence-corrected chi connectivity index (χ4v) is 2.90. The number of benzene rings is 1. The van der Waals surface area contributed by atoms with Gasteiger partial charge >= 0.3 is 5.97 Å². The first-order valence-electron chi connectivity index (χ1n) is 6.38. The summed E-state index contributed by atoms with van der Waals surface area (Å²) in [6, 6.07) is 10.2. The molecule has 3 nitrogen and oxygen atoms in total. The van der Waals surface area contributed by atoms with Crippen molar-refractivity contribution in [2.24, 2.45) is 5.92 Å². The molecule has 0 aliphatic heterocycles. The fourth-order valence-electron chi connectivity index (χ4n) is 2.90. The van der Waals surface area contributed by atoms with Gasteiger partial charge in [0, 0.05) is 0 Å². The highest BCUT2D eigenvalue weighted by Gasteiger charge is 2.41. The molecule has 3 atom stereocenters. The van der Waals surface area contributed by atoms with Crippen LogP contribution in [0.2, 0.25) is 0 Å². The van der Waals surface area contributed by atoms with Crippen LogP contribution in [0.15, 0.2) is 30.3 Å². The Kier molecular flexibility index (Phi) is 3.71. The van der Waals surface area contributed by atoms with Gasteiger partial charge in [-0.3, -0.25) is 4.79 Å². The summed E-state index contributed by atoms with van der Waals surface area (Å²) < 4.78 is 4.74. The normalized spacial score (nSPS) is 31.9. The van der Waals surface area contributed by atoms with E-state index in [1.54, 1.807) is 0 Å². The molecule has 0 spiro atoms. The summed E-state index contributed by atoms with van der Waals surface area (Å²) in [6.45, 7) is 2.15. The van der Waals surface area contributed by atoms with Crippen molar-refractivity contribution in [3.05, 3.63) is 35.9 Å². The lowest BCUT2D eigenvalue weighted by Gasteiger charge is -2.40. The molecule has 3 heteroatoms. The van der Waals surface area contributed by atoms with E-state index in [0.29, 0.717) is 12.8 Å². The van der Waals surface area contributed by atoms with Crippen molar-refractivity contribution in [3.8, 4) is 0 Å². The minimum atomic E-state index is -0.614. The maximum absolute atomic E-state index is 11.5. The smallest absolute Gasteiger partial charge is 0.311 e. The molecule has 18 heavy (non-hydrogen) atoms. The Bertz CT molecular complexity index is 415. The molecule has 0 aromatic heterocycles. The second-order valence-corrected chi connectivity index (χ2v) is 5.37. The second kappa shape index (κ2) is 5.11. The number of aliphatic hydroxyl groups excluding tert-OH is 1. The molecule has 0 heterocycles. The van der Waals surface area contributed by atoms with Gasteiger partial charge in [-0.1, -0.05) is 37.3 Å². The number of hydrogen-bond donors (Lipinski definition) is 1. The molecule has 0 saturated heterocycles. The van der Waals surface area contributed by atoms with Gasteiger partial charge in [-0.2, -0.15) is 0 Å². The van der Waals surface area contributed by atoms with Crippen LogP contribution >= 0.6 is 0 Å². The number of rotatable bonds is 2. The molecule has 1 aliphatic rings. The van der Waals surface area contributed by atoms with Crippen LogP contribution in [0.3, 0.4) is 0 Å². The summed E-state index contributed by atoms with van der Waals surface area (Å²) in [5, 5.41) is 10.2. The summed E-state index contributed by atoms with van der Waals surface area (Å²) >= 11 is 0. The van der Waals surface area contributed by atoms with E-state index in [0.717, 1.165) is 6.42 Å². The van der Waals surface area contributed by atoms with Crippen molar-refractivity contribution < 1.29 is 14.6 Å². The maximum Gasteiger partial charge on any atom is 0.311 e. The molecule has 1 fully saturated rings. The average molecular weight is 248 g/mol. The number of hydrogen-bond acceptors (Lipinski definition) is 3. The Balaban J connectivity index is 2.14. The van der Waals surface area contributed by atoms with Gasteiger partial charge < -0.3 is 9.84 Å². The first-order valence-corrected chi connectivity index (χ1v) is 6.38. The van der Waals surface area contributed by atoms with Gasteiger partial charge in [0.1, 0.15) is 0 Å². The van der Waals surface area contributed by atoms with Gasteiger partial charge in [0.05, 0.1) is 19.1 Å². The summed E-state index contributed by atoms with van der Waals surface area (Å²) in [7, 11) is 1.38. The van der Waals surface area contributed by atoms with Crippen LogP contribution in [0.25, 0.3) is 0 Å². The molecule has 2 rings (SSSR count). The predicted molar refractivity (Wildman–Crippen MR) is 69.2 cm³/mol. The fraction of sp³-hybridized carbons (Fsp3) is 0.533. The number of carbonyl (C=O) groups excluding carboxylic acids is 1. The van der Waals surface area contributed by atoms with Gasteiger partial charge in [0.2, 0.25) is 0 Å². The van der Waals surface area contributed by atoms with Gasteiger partial charge in [0.15, 0.2) is 0 Å². The first kappa shape index (κ1) is 13.1. The molecule has 0 unspecified atom stereocenters. The van der Waals surface area contributed by atoms with E-state index >= 15 is 0 Å². The molecule has 0 radical (unpaired) electrons. The minimum Gasteiger partial charge on any atom is -0.469 e. The summed E-state index contributed by atoms with van der Waals surface area (Å²) in [5.74, 6) is -0.663. The SMILES string of the molecule is COC(=O)[C@@H]1CC[C@@](C)(c2ccccc2)C[C@@H]1O. The minimum absolute atomic E-state index is 0.0504. The Morgan fingerprint density at radius 1 is 1.39 bits per heavy atom. The van der Waals surface area contributed by atoms with Crippen molar-refractivity contribution in [2.45, 2.75) is 37.7 Å². The Labute approximate surface area is 108 Å². The second-order valence-electron chi connectivity index (χ2n) is 5.37. The summed E-state index contributed by atoms with van der Waals surface area (Å²) in [6.07, 6.45) is 1.57. The van der Waals surface area contributed by atoms with E-state index in [1.165, 1.54) is 12.7 Å². The highest BCUT2D eigenvalue weighted by molar-refractivity contribution is 5.73. The van der Waals surface area contributed by atoms with Gasteiger partial charge in [-0.05, 0) is 30.2 Å². The van der Waals surface area contributed by atoms with Crippen molar-refractivity contribution in [1.82, 2.24) is 0 Å². The lowest BCUT2D eigenvalue weighted by atomic mass is 9.66. The van der Waals surface area contributed by atoms with Crippen LogP contribution in [0.4, 0.5) is 0 Å². The van der Waals surface area contributed by atoms with Crippen LogP contribution in [0.5, 0.6) is 0 Å². The van der Waals surface area contributed by atoms with Crippen LogP contribution in [0, 0.1) is 5.92 Å². The predicted octanol–water partition coefficient (Wildman–Crippen LogP) is 2.28. The quantitative estimate of drug-likeness (QED) is 0.817. The summed E-state index contributed by atoms with van der Waals surface area (Å²) in [4.78, 5) is 11.5. The molecule has 0 amide bonds. The first-order chi connectivity index (χ1) is 8.57. The molecular weight excluding hydrogens is 228 g/mol. The Morgan fingerprint density at radius 2 is 2.06 bits per heavy atom. The van der Waals surface area contributed by atoms with Crippen molar-refractivity contribution in [1.29, 1.82) is 0 Å². The lowest BCUT2D eigenvalue weighted by Crippen LogP contribution is -2.41. The molecule has 1 saturated carbocycles. The van der Waals surface area contributed by atoms with E-state index in [9.17, 15) is 9.90 Å². The third-order valence-corrected chi connectivity index (χ3v) is 4.11. The monoisotopic (exact) mass is 248 g/mol. The van der Waals surface area contributed by atoms with E-state index in [2.05, 4.69) is 19.1 Å². The van der Waals surface area contributed by atoms with Gasteiger partial charge in [0.25, 0.3) is 0 Å². The third-order valence-electron chi connectivity index (χ3n) is 4.11. The number of methoxy groups -OCH3 is 1. The lowest BCUT2D eigenvalue weighted by molar-refractivity contribution is -0.152. The molecule has 0 bridgehead atoms. The highest BCUT2D eigenvalue weighted by atomic mass is 16.5. The zero-order valence-corrected chi connectivity index (χ0v) is 10.9. The molecule has 1 N–H and O–H groups in total. The third kappa shape index (κ3) is 2.41. The average Bonchev–Trinajstić information content (AvgIpc) is 2.39.